The number of aryl methyl sites for hydroxylation is 2. The summed E-state index contributed by atoms with van der Waals surface area (Å²) in [6, 6.07) is 1.67. The van der Waals surface area contributed by atoms with E-state index in [0.717, 1.165) is 22.3 Å². The van der Waals surface area contributed by atoms with Crippen LogP contribution in [0, 0.1) is 62.3 Å². The van der Waals surface area contributed by atoms with Gasteiger partial charge in [0.15, 0.2) is 5.43 Å². The van der Waals surface area contributed by atoms with Crippen LogP contribution in [-0.2, 0) is 0 Å². The highest BCUT2D eigenvalue weighted by Gasteiger charge is 2.19. The van der Waals surface area contributed by atoms with Crippen molar-refractivity contribution in [1.82, 2.24) is 0 Å². The molecule has 0 unspecified atom stereocenters. The van der Waals surface area contributed by atoms with Gasteiger partial charge in [0.05, 0.1) is 5.39 Å². The summed E-state index contributed by atoms with van der Waals surface area (Å²) in [5, 5.41) is 0.713. The average molecular weight is 348 g/mol. The normalized spacial score (nSPS) is 11.4. The lowest BCUT2D eigenvalue weighted by atomic mass is 9.88. The molecule has 2 aromatic carbocycles. The summed E-state index contributed by atoms with van der Waals surface area (Å²) < 4.78 is 6.39. The molecule has 0 atom stereocenters. The van der Waals surface area contributed by atoms with Crippen molar-refractivity contribution in [3.05, 3.63) is 66.4 Å². The Balaban J connectivity index is 2.49. The predicted molar refractivity (Wildman–Crippen MR) is 111 cm³/mol. The highest BCUT2D eigenvalue weighted by molar-refractivity contribution is 5.87. The van der Waals surface area contributed by atoms with Crippen LogP contribution >= 0.6 is 0 Å². The van der Waals surface area contributed by atoms with Crippen molar-refractivity contribution in [3.63, 3.8) is 0 Å². The summed E-state index contributed by atoms with van der Waals surface area (Å²) >= 11 is 0. The monoisotopic (exact) mass is 348 g/mol. The summed E-state index contributed by atoms with van der Waals surface area (Å²) in [5.41, 5.74) is 12.5. The van der Waals surface area contributed by atoms with Gasteiger partial charge in [-0.25, -0.2) is 0 Å². The zero-order valence-electron chi connectivity index (χ0n) is 17.4. The van der Waals surface area contributed by atoms with Gasteiger partial charge >= 0.3 is 0 Å². The standard InChI is InChI=1S/C24H28O2/c1-11-12(2)16(6)22(17(7)13(11)3)21-10-20(25)23-18(8)14(4)15(5)19(9)24(23)26-21/h10H,1-9H3. The Morgan fingerprint density at radius 3 is 1.54 bits per heavy atom. The van der Waals surface area contributed by atoms with Gasteiger partial charge in [0.2, 0.25) is 0 Å². The molecule has 0 N–H and O–H groups in total. The first-order valence-electron chi connectivity index (χ1n) is 9.19. The van der Waals surface area contributed by atoms with Crippen molar-refractivity contribution < 1.29 is 4.42 Å². The molecule has 0 aliphatic heterocycles. The Hall–Kier alpha value is -2.35. The van der Waals surface area contributed by atoms with E-state index in [1.807, 2.05) is 13.8 Å². The van der Waals surface area contributed by atoms with Crippen LogP contribution in [0.25, 0.3) is 22.3 Å². The number of hydrogen-bond acceptors (Lipinski definition) is 2. The molecule has 0 spiro atoms. The van der Waals surface area contributed by atoms with E-state index >= 15 is 0 Å². The number of rotatable bonds is 1. The van der Waals surface area contributed by atoms with Gasteiger partial charge in [-0.15, -0.1) is 0 Å². The molecule has 3 rings (SSSR count). The van der Waals surface area contributed by atoms with Gasteiger partial charge in [-0.1, -0.05) is 0 Å². The quantitative estimate of drug-likeness (QED) is 0.521. The Bertz CT molecular complexity index is 1100. The second-order valence-electron chi connectivity index (χ2n) is 7.68. The number of hydrogen-bond donors (Lipinski definition) is 0. The maximum Gasteiger partial charge on any atom is 0.193 e. The van der Waals surface area contributed by atoms with Crippen LogP contribution in [0.4, 0.5) is 0 Å². The van der Waals surface area contributed by atoms with Gasteiger partial charge in [-0.2, -0.15) is 0 Å². The highest BCUT2D eigenvalue weighted by Crippen LogP contribution is 2.36. The Morgan fingerprint density at radius 2 is 1.00 bits per heavy atom. The summed E-state index contributed by atoms with van der Waals surface area (Å²) in [4.78, 5) is 13.0. The zero-order chi connectivity index (χ0) is 19.5. The molecule has 0 radical (unpaired) electrons. The van der Waals surface area contributed by atoms with E-state index in [1.54, 1.807) is 6.07 Å². The topological polar surface area (TPSA) is 30.2 Å². The van der Waals surface area contributed by atoms with Crippen molar-refractivity contribution in [3.8, 4) is 11.3 Å². The van der Waals surface area contributed by atoms with Crippen molar-refractivity contribution in [2.24, 2.45) is 0 Å². The van der Waals surface area contributed by atoms with Crippen LogP contribution in [0.15, 0.2) is 15.3 Å². The fourth-order valence-electron chi connectivity index (χ4n) is 4.03. The molecular weight excluding hydrogens is 320 g/mol. The molecule has 0 aliphatic carbocycles. The lowest BCUT2D eigenvalue weighted by Crippen LogP contribution is -2.08. The van der Waals surface area contributed by atoms with E-state index in [2.05, 4.69) is 48.5 Å². The third kappa shape index (κ3) is 2.43. The predicted octanol–water partition coefficient (Wildman–Crippen LogP) is 6.24. The summed E-state index contributed by atoms with van der Waals surface area (Å²) in [7, 11) is 0. The third-order valence-electron chi connectivity index (χ3n) is 6.60. The minimum Gasteiger partial charge on any atom is -0.455 e. The smallest absolute Gasteiger partial charge is 0.193 e. The fraction of sp³-hybridized carbons (Fsp3) is 0.375. The van der Waals surface area contributed by atoms with Crippen molar-refractivity contribution in [1.29, 1.82) is 0 Å². The lowest BCUT2D eigenvalue weighted by molar-refractivity contribution is 0.614. The molecule has 0 saturated heterocycles. The van der Waals surface area contributed by atoms with Gasteiger partial charge in [0.25, 0.3) is 0 Å². The average Bonchev–Trinajstić information content (AvgIpc) is 2.61. The molecule has 0 bridgehead atoms. The maximum absolute atomic E-state index is 13.0. The minimum atomic E-state index is 0.0413. The van der Waals surface area contributed by atoms with Gasteiger partial charge in [0, 0.05) is 11.6 Å². The van der Waals surface area contributed by atoms with E-state index in [1.165, 1.54) is 38.9 Å². The Labute approximate surface area is 155 Å². The first kappa shape index (κ1) is 18.4. The summed E-state index contributed by atoms with van der Waals surface area (Å²) in [5.74, 6) is 0.675. The van der Waals surface area contributed by atoms with E-state index in [9.17, 15) is 4.79 Å². The van der Waals surface area contributed by atoms with E-state index in [4.69, 9.17) is 4.42 Å². The minimum absolute atomic E-state index is 0.0413. The summed E-state index contributed by atoms with van der Waals surface area (Å²) in [6.07, 6.45) is 0. The van der Waals surface area contributed by atoms with Crippen LogP contribution in [-0.4, -0.2) is 0 Å². The number of fused-ring (bicyclic) bond motifs is 1. The molecule has 0 aliphatic rings. The molecular formula is C24H28O2. The second-order valence-corrected chi connectivity index (χ2v) is 7.68. The van der Waals surface area contributed by atoms with Crippen LogP contribution in [0.1, 0.15) is 50.1 Å². The molecule has 2 nitrogen and oxygen atoms in total. The molecule has 3 aromatic rings. The van der Waals surface area contributed by atoms with Gasteiger partial charge in [0.1, 0.15) is 11.3 Å². The molecule has 1 heterocycles. The molecule has 0 amide bonds. The lowest BCUT2D eigenvalue weighted by Gasteiger charge is -2.19. The largest absolute Gasteiger partial charge is 0.455 e. The Morgan fingerprint density at radius 1 is 0.577 bits per heavy atom. The van der Waals surface area contributed by atoms with Crippen LogP contribution < -0.4 is 5.43 Å². The van der Waals surface area contributed by atoms with Gasteiger partial charge in [-0.3, -0.25) is 4.79 Å². The van der Waals surface area contributed by atoms with Crippen molar-refractivity contribution in [2.45, 2.75) is 62.3 Å². The first-order valence-corrected chi connectivity index (χ1v) is 9.19. The molecule has 26 heavy (non-hydrogen) atoms. The molecule has 0 saturated carbocycles. The number of benzene rings is 2. The van der Waals surface area contributed by atoms with Crippen molar-refractivity contribution in [2.75, 3.05) is 0 Å². The third-order valence-corrected chi connectivity index (χ3v) is 6.60. The van der Waals surface area contributed by atoms with E-state index in [0.29, 0.717) is 11.1 Å². The molecule has 136 valence electrons. The second kappa shape index (κ2) is 6.12. The fourth-order valence-corrected chi connectivity index (χ4v) is 4.03. The molecule has 0 fully saturated rings. The zero-order valence-corrected chi connectivity index (χ0v) is 17.4. The van der Waals surface area contributed by atoms with Crippen LogP contribution in [0.5, 0.6) is 0 Å². The SMILES string of the molecule is Cc1c(C)c(C)c(-c2cc(=O)c3c(C)c(C)c(C)c(C)c3o2)c(C)c1C. The van der Waals surface area contributed by atoms with E-state index < -0.39 is 0 Å². The first-order chi connectivity index (χ1) is 12.1. The van der Waals surface area contributed by atoms with Gasteiger partial charge in [-0.05, 0) is 112 Å². The molecule has 2 heteroatoms. The highest BCUT2D eigenvalue weighted by atomic mass is 16.3. The van der Waals surface area contributed by atoms with Crippen LogP contribution in [0.2, 0.25) is 0 Å². The van der Waals surface area contributed by atoms with Crippen LogP contribution in [0.3, 0.4) is 0 Å². The molecule has 1 aromatic heterocycles. The maximum atomic E-state index is 13.0. The van der Waals surface area contributed by atoms with Gasteiger partial charge < -0.3 is 4.42 Å². The summed E-state index contributed by atoms with van der Waals surface area (Å²) in [6.45, 7) is 18.9. The Kier molecular flexibility index (Phi) is 4.34. The van der Waals surface area contributed by atoms with Crippen molar-refractivity contribution >= 4 is 11.0 Å². The van der Waals surface area contributed by atoms with E-state index in [-0.39, 0.29) is 5.43 Å².